The number of allylic oxidation sites excluding steroid dienone is 1. The Hall–Kier alpha value is -2.48. The van der Waals surface area contributed by atoms with Gasteiger partial charge in [-0.3, -0.25) is 9.89 Å². The summed E-state index contributed by atoms with van der Waals surface area (Å²) in [5, 5.41) is 41.6. The van der Waals surface area contributed by atoms with Crippen LogP contribution in [0.15, 0.2) is 51.2 Å². The third kappa shape index (κ3) is 58.6. The normalized spacial score (nSPS) is 22.0. The number of rotatable bonds is 18. The number of aliphatic hydroxyl groups is 4. The number of likely N-dealkylation sites (tertiary alicyclic amines) is 2. The first-order valence-corrected chi connectivity index (χ1v) is 60.7. The molecule has 0 amide bonds. The van der Waals surface area contributed by atoms with Crippen molar-refractivity contribution in [3.63, 3.8) is 0 Å². The molecule has 0 radical (unpaired) electrons. The third-order valence-corrected chi connectivity index (χ3v) is 33.7. The van der Waals surface area contributed by atoms with Gasteiger partial charge in [0.15, 0.2) is 11.5 Å². The lowest BCUT2D eigenvalue weighted by Gasteiger charge is -2.64. The molecular weight excluding hydrogens is 1900 g/mol. The standard InChI is InChI=1S/C14H24O.C13H27N.C11H16.C10H21N.2C10H20O.2C10H20.C9H15NO3S.C9H15NO2S2.C9H15NO2S.C8H16O.C2H6.CH4O/c1-12(2,3)13-5-10-4-11(6-13)8-14(15,7-10)9-13;1-12(2,3)11-13(4,5)14-9-7-6-8-10-14;1-11(2,3)9-10-7-5-4-6-8-10;1-10(2,3)6-9-11-7-4-5-8-11;1-9(2,3)7-10(8-11)5-4-6-10;1-9(2,3)10(8-11)6-4-5-7-10;1-9(2,3)8-10(4)6-5-7-10;1-10(2,3)9-7-5-4-6-8-9;1-6-8(7(2)11-10-6)12-13-14-9(3,4)5;1-6-8(13-7(2)10-6)11-12-14-9(3,4)5;1-7-5-10-6-8(7)11-12-13-9(2,3)4;1-7(2,3)8(4)5-9-6-8;2*1-2/h10-11,15H,4-9H2,1-3H3;6-11H2,1-5H3;4-8H,9H2,1-3H3;4-9H2,1-3H3;2*11H,4-8H2,1-3H3;5-8H2,1-4H3;9H,4-8H2,1-3H3;2*1-5H3;6H,5H2,1-4H3;5-6H2,1-4H3;1-2H3;2H,1H3. The zero-order chi connectivity index (χ0) is 113. The van der Waals surface area contributed by atoms with Gasteiger partial charge < -0.3 is 49.2 Å². The van der Waals surface area contributed by atoms with Crippen molar-refractivity contribution < 1.29 is 57.4 Å². The monoisotopic (exact) mass is 2140 g/mol. The van der Waals surface area contributed by atoms with Gasteiger partial charge in [-0.15, -0.1) is 13.0 Å². The quantitative estimate of drug-likeness (QED) is 0.0531. The van der Waals surface area contributed by atoms with Crippen LogP contribution in [0.4, 0.5) is 0 Å². The van der Waals surface area contributed by atoms with E-state index in [-0.39, 0.29) is 30.7 Å². The number of aromatic nitrogens is 2. The molecule has 6 heterocycles. The third-order valence-electron chi connectivity index (χ3n) is 30.8. The Morgan fingerprint density at radius 3 is 1.27 bits per heavy atom. The summed E-state index contributed by atoms with van der Waals surface area (Å²) in [5.41, 5.74) is 10.2. The Kier molecular flexibility index (Phi) is 60.9. The van der Waals surface area contributed by atoms with Crippen molar-refractivity contribution in [2.45, 2.75) is 550 Å². The van der Waals surface area contributed by atoms with E-state index in [1.54, 1.807) is 20.1 Å². The second-order valence-corrected chi connectivity index (χ2v) is 65.6. The molecule has 15 rings (SSSR count). The molecule has 3 aromatic rings. The number of thiazole rings is 1. The van der Waals surface area contributed by atoms with E-state index in [2.05, 4.69) is 311 Å². The molecule has 8 saturated carbocycles. The number of benzene rings is 1. The molecule has 3 saturated heterocycles. The van der Waals surface area contributed by atoms with E-state index in [0.717, 1.165) is 97.4 Å². The highest BCUT2D eigenvalue weighted by molar-refractivity contribution is 7.96. The summed E-state index contributed by atoms with van der Waals surface area (Å²) in [7, 11) is 1.00. The Morgan fingerprint density at radius 2 is 0.959 bits per heavy atom. The summed E-state index contributed by atoms with van der Waals surface area (Å²) in [6, 6.07) is 10.6. The van der Waals surface area contributed by atoms with Crippen LogP contribution in [-0.2, 0) is 29.0 Å². The van der Waals surface area contributed by atoms with Gasteiger partial charge in [-0.2, -0.15) is 0 Å². The van der Waals surface area contributed by atoms with Gasteiger partial charge in [-0.25, -0.2) is 4.98 Å². The minimum Gasteiger partial charge on any atom is -0.400 e. The van der Waals surface area contributed by atoms with Crippen LogP contribution in [0, 0.1) is 121 Å². The number of aryl methyl sites for hydroxylation is 4. The summed E-state index contributed by atoms with van der Waals surface area (Å²) in [6.07, 6.45) is 43.2. The Labute approximate surface area is 925 Å². The fraction of sp³-hybridized carbons (Fsp3) is 0.881. The maximum absolute atomic E-state index is 10.6. The Morgan fingerprint density at radius 1 is 0.490 bits per heavy atom. The van der Waals surface area contributed by atoms with E-state index in [4.69, 9.17) is 42.0 Å². The molecule has 8 aliphatic carbocycles. The molecule has 2 atom stereocenters. The van der Waals surface area contributed by atoms with Gasteiger partial charge in [0.05, 0.1) is 78.4 Å². The number of piperidine rings is 1. The highest BCUT2D eigenvalue weighted by Crippen LogP contribution is 2.67. The van der Waals surface area contributed by atoms with Gasteiger partial charge in [0.2, 0.25) is 10.8 Å². The topological polar surface area (TPSA) is 203 Å². The zero-order valence-corrected chi connectivity index (χ0v) is 108. The predicted molar refractivity (Wildman–Crippen MR) is 641 cm³/mol. The van der Waals surface area contributed by atoms with Crippen molar-refractivity contribution in [3.8, 4) is 10.8 Å². The van der Waals surface area contributed by atoms with Crippen molar-refractivity contribution in [3.05, 3.63) is 69.4 Å². The number of aliphatic hydroxyl groups excluding tert-OH is 3. The molecule has 1 aromatic carbocycles. The van der Waals surface area contributed by atoms with Crippen molar-refractivity contribution >= 4 is 53.7 Å². The minimum atomic E-state index is -0.280. The largest absolute Gasteiger partial charge is 0.400 e. The fourth-order valence-corrected chi connectivity index (χ4v) is 24.0. The molecule has 17 nitrogen and oxygen atoms in total. The first-order chi connectivity index (χ1) is 67.0. The molecule has 864 valence electrons. The fourth-order valence-electron chi connectivity index (χ4n) is 22.3. The summed E-state index contributed by atoms with van der Waals surface area (Å²) in [5.74, 6) is 4.57. The molecule has 147 heavy (non-hydrogen) atoms. The molecule has 11 fully saturated rings. The zero-order valence-electron chi connectivity index (χ0n) is 105. The smallest absolute Gasteiger partial charge is 0.243 e. The van der Waals surface area contributed by atoms with Crippen LogP contribution in [0.3, 0.4) is 0 Å². The van der Waals surface area contributed by atoms with Crippen molar-refractivity contribution in [2.75, 3.05) is 72.8 Å². The lowest BCUT2D eigenvalue weighted by Crippen LogP contribution is -2.59. The van der Waals surface area contributed by atoms with Gasteiger partial charge in [-0.1, -0.05) is 313 Å². The van der Waals surface area contributed by atoms with E-state index in [1.807, 2.05) is 55.4 Å². The Bertz CT molecular complexity index is 3990. The molecule has 2 unspecified atom stereocenters. The van der Waals surface area contributed by atoms with Gasteiger partial charge >= 0.3 is 0 Å². The van der Waals surface area contributed by atoms with Crippen molar-refractivity contribution in [1.82, 2.24) is 19.9 Å². The molecule has 2 aromatic heterocycles. The predicted octanol–water partition coefficient (Wildman–Crippen LogP) is 37.2. The second kappa shape index (κ2) is 62.8. The van der Waals surface area contributed by atoms with Crippen molar-refractivity contribution in [2.24, 2.45) is 98.6 Å². The number of aliphatic imine (C=N–C) groups is 1. The van der Waals surface area contributed by atoms with E-state index in [0.29, 0.717) is 101 Å². The molecular formula is C126H239N5O12S4. The lowest BCUT2D eigenvalue weighted by atomic mass is 9.42. The molecule has 0 spiro atoms. The van der Waals surface area contributed by atoms with Crippen LogP contribution in [-0.4, -0.2) is 145 Å². The highest BCUT2D eigenvalue weighted by Gasteiger charge is 2.61. The second-order valence-electron chi connectivity index (χ2n) is 59.9. The van der Waals surface area contributed by atoms with E-state index in [1.165, 1.54) is 259 Å². The average molecular weight is 2140 g/mol. The van der Waals surface area contributed by atoms with Gasteiger partial charge in [-0.05, 0) is 384 Å². The van der Waals surface area contributed by atoms with Gasteiger partial charge in [0.25, 0.3) is 0 Å². The van der Waals surface area contributed by atoms with Crippen LogP contribution in [0.2, 0.25) is 0 Å². The first kappa shape index (κ1) is 143. The highest BCUT2D eigenvalue weighted by atomic mass is 32.2. The maximum Gasteiger partial charge on any atom is 0.243 e. The van der Waals surface area contributed by atoms with Gasteiger partial charge in [0, 0.05) is 52.4 Å². The van der Waals surface area contributed by atoms with Crippen LogP contribution in [0.1, 0.15) is 518 Å². The molecule has 4 aliphatic heterocycles. The summed E-state index contributed by atoms with van der Waals surface area (Å²) in [4.78, 5) is 28.9. The molecule has 12 aliphatic rings. The van der Waals surface area contributed by atoms with E-state index < -0.39 is 0 Å². The maximum atomic E-state index is 10.6. The average Bonchev–Trinajstić information content (AvgIpc) is 1.01. The SMILES string of the molecule is CC.CC(C)(C)C1(C)COC1.CC(C)(C)C1(CO)CCCC1.CC(C)(C)C12CC3CC(CC(O)(C3)C1)C2.CC(C)(C)C1CCCCC1.CC(C)(C)CC(C)(C)N1CCCCC1.CC(C)(C)CC1(C)CCC1.CC(C)(C)CC1(CO)CCC1.CC(C)(C)CCN1CCCC1.CC(C)(C)Cc1ccccc1.CC1=C(OOSC(C)(C)C)C=NC1.CO.Cc1nc(C)c(OOSC(C)(C)C)s1.Cc1noc(C)c1OOSC(C)(C)C. The minimum absolute atomic E-state index is 0.00102. The summed E-state index contributed by atoms with van der Waals surface area (Å²) >= 11 is 5.36. The van der Waals surface area contributed by atoms with E-state index in [9.17, 15) is 15.3 Å². The van der Waals surface area contributed by atoms with E-state index >= 15 is 0 Å². The Balaban J connectivity index is 0.000000801. The summed E-state index contributed by atoms with van der Waals surface area (Å²) in [6.45, 7) is 114. The molecule has 4 bridgehead atoms. The van der Waals surface area contributed by atoms with Crippen LogP contribution < -0.4 is 9.78 Å². The van der Waals surface area contributed by atoms with Crippen LogP contribution in [0.5, 0.6) is 10.8 Å². The lowest BCUT2D eigenvalue weighted by molar-refractivity contribution is -0.195. The summed E-state index contributed by atoms with van der Waals surface area (Å²) < 4.78 is 25.3. The first-order valence-electron chi connectivity index (χ1n) is 57.6. The molecule has 4 N–H and O–H groups in total. The number of hydrogen-bond donors (Lipinski definition) is 4. The van der Waals surface area contributed by atoms with Crippen molar-refractivity contribution in [1.29, 1.82) is 0 Å². The number of nitrogens with zero attached hydrogens (tertiary/aromatic N) is 5. The number of ether oxygens (including phenoxy) is 1. The van der Waals surface area contributed by atoms with Crippen LogP contribution in [0.25, 0.3) is 0 Å². The number of hydrogen-bond acceptors (Lipinski definition) is 21. The van der Waals surface area contributed by atoms with Gasteiger partial charge in [0.1, 0.15) is 5.69 Å². The van der Waals surface area contributed by atoms with Crippen LogP contribution >= 0.6 is 47.5 Å². The molecule has 21 heteroatoms.